The summed E-state index contributed by atoms with van der Waals surface area (Å²) in [6.07, 6.45) is 1.68. The standard InChI is InChI=1S/C24H22ClN3O3/c1-16-7-6-8-17(2)22(16)30-15-19-11-12-21(31-19)24(29)26-23-20(25)14-28(27-23)13-18-9-4-3-5-10-18/h3-12,14H,13,15H2,1-2H3,(H,26,27,29). The van der Waals surface area contributed by atoms with Crippen LogP contribution in [0.3, 0.4) is 0 Å². The van der Waals surface area contributed by atoms with E-state index in [4.69, 9.17) is 20.8 Å². The molecule has 0 radical (unpaired) electrons. The van der Waals surface area contributed by atoms with Gasteiger partial charge in [-0.15, -0.1) is 0 Å². The number of aromatic nitrogens is 2. The molecule has 2 aromatic heterocycles. The summed E-state index contributed by atoms with van der Waals surface area (Å²) in [6.45, 7) is 4.76. The van der Waals surface area contributed by atoms with Gasteiger partial charge in [-0.25, -0.2) is 0 Å². The lowest BCUT2D eigenvalue weighted by atomic mass is 10.1. The van der Waals surface area contributed by atoms with E-state index in [1.807, 2.05) is 62.4 Å². The molecular weight excluding hydrogens is 414 g/mol. The van der Waals surface area contributed by atoms with Crippen LogP contribution >= 0.6 is 11.6 Å². The van der Waals surface area contributed by atoms with E-state index in [0.717, 1.165) is 22.4 Å². The third kappa shape index (κ3) is 4.98. The molecule has 2 aromatic carbocycles. The number of amides is 1. The van der Waals surface area contributed by atoms with E-state index in [1.54, 1.807) is 23.0 Å². The van der Waals surface area contributed by atoms with Gasteiger partial charge in [0.15, 0.2) is 11.6 Å². The number of rotatable bonds is 7. The average Bonchev–Trinajstić information content (AvgIpc) is 3.35. The van der Waals surface area contributed by atoms with E-state index >= 15 is 0 Å². The van der Waals surface area contributed by atoms with Gasteiger partial charge in [0.25, 0.3) is 5.91 Å². The Morgan fingerprint density at radius 3 is 2.55 bits per heavy atom. The van der Waals surface area contributed by atoms with Crippen LogP contribution in [0.1, 0.15) is 33.0 Å². The third-order valence-electron chi connectivity index (χ3n) is 4.79. The van der Waals surface area contributed by atoms with Crippen molar-refractivity contribution in [1.29, 1.82) is 0 Å². The van der Waals surface area contributed by atoms with Crippen molar-refractivity contribution in [2.45, 2.75) is 27.0 Å². The number of halogens is 1. The minimum absolute atomic E-state index is 0.161. The molecule has 7 heteroatoms. The first-order chi connectivity index (χ1) is 15.0. The van der Waals surface area contributed by atoms with Gasteiger partial charge >= 0.3 is 0 Å². The molecule has 0 unspecified atom stereocenters. The van der Waals surface area contributed by atoms with Crippen LogP contribution in [0.15, 0.2) is 71.3 Å². The number of benzene rings is 2. The Bertz CT molecular complexity index is 1180. The molecule has 0 aliphatic carbocycles. The van der Waals surface area contributed by atoms with Crippen molar-refractivity contribution >= 4 is 23.3 Å². The second-order valence-corrected chi connectivity index (χ2v) is 7.65. The van der Waals surface area contributed by atoms with E-state index in [-0.39, 0.29) is 18.2 Å². The summed E-state index contributed by atoms with van der Waals surface area (Å²) in [4.78, 5) is 12.6. The highest BCUT2D eigenvalue weighted by Gasteiger charge is 2.16. The zero-order chi connectivity index (χ0) is 21.8. The molecule has 0 fully saturated rings. The van der Waals surface area contributed by atoms with Crippen molar-refractivity contribution < 1.29 is 13.9 Å². The van der Waals surface area contributed by atoms with E-state index in [0.29, 0.717) is 17.3 Å². The van der Waals surface area contributed by atoms with Crippen molar-refractivity contribution in [3.63, 3.8) is 0 Å². The Kier molecular flexibility index (Phi) is 6.09. The fourth-order valence-electron chi connectivity index (χ4n) is 3.25. The van der Waals surface area contributed by atoms with Crippen LogP contribution in [0, 0.1) is 13.8 Å². The Morgan fingerprint density at radius 1 is 1.06 bits per heavy atom. The first-order valence-corrected chi connectivity index (χ1v) is 10.2. The van der Waals surface area contributed by atoms with Crippen LogP contribution in [0.4, 0.5) is 5.82 Å². The van der Waals surface area contributed by atoms with Crippen LogP contribution < -0.4 is 10.1 Å². The SMILES string of the molecule is Cc1cccc(C)c1OCc1ccc(C(=O)Nc2nn(Cc3ccccc3)cc2Cl)o1. The third-order valence-corrected chi connectivity index (χ3v) is 5.07. The van der Waals surface area contributed by atoms with Gasteiger partial charge in [0.2, 0.25) is 0 Å². The number of ether oxygens (including phenoxy) is 1. The van der Waals surface area contributed by atoms with Crippen molar-refractivity contribution in [2.75, 3.05) is 5.32 Å². The zero-order valence-corrected chi connectivity index (χ0v) is 18.0. The summed E-state index contributed by atoms with van der Waals surface area (Å²) < 4.78 is 13.2. The summed E-state index contributed by atoms with van der Waals surface area (Å²) in [5.74, 6) is 1.39. The minimum atomic E-state index is -0.426. The first kappa shape index (κ1) is 20.8. The van der Waals surface area contributed by atoms with Gasteiger partial charge in [-0.2, -0.15) is 5.10 Å². The highest BCUT2D eigenvalue weighted by Crippen LogP contribution is 2.24. The Balaban J connectivity index is 1.39. The molecule has 0 bridgehead atoms. The molecule has 6 nitrogen and oxygen atoms in total. The Hall–Kier alpha value is -3.51. The van der Waals surface area contributed by atoms with Crippen molar-refractivity contribution in [3.05, 3.63) is 100 Å². The predicted molar refractivity (Wildman–Crippen MR) is 120 cm³/mol. The molecule has 0 saturated heterocycles. The quantitative estimate of drug-likeness (QED) is 0.408. The van der Waals surface area contributed by atoms with Crippen LogP contribution in [0.25, 0.3) is 0 Å². The van der Waals surface area contributed by atoms with Crippen LogP contribution in [-0.2, 0) is 13.2 Å². The summed E-state index contributed by atoms with van der Waals surface area (Å²) in [7, 11) is 0. The highest BCUT2D eigenvalue weighted by molar-refractivity contribution is 6.33. The maximum Gasteiger partial charge on any atom is 0.292 e. The van der Waals surface area contributed by atoms with Crippen LogP contribution in [0.5, 0.6) is 5.75 Å². The number of furan rings is 1. The van der Waals surface area contributed by atoms with Gasteiger partial charge in [0, 0.05) is 6.20 Å². The van der Waals surface area contributed by atoms with E-state index in [9.17, 15) is 4.79 Å². The molecule has 0 atom stereocenters. The van der Waals surface area contributed by atoms with E-state index < -0.39 is 5.91 Å². The Morgan fingerprint density at radius 2 is 1.81 bits per heavy atom. The lowest BCUT2D eigenvalue weighted by molar-refractivity contribution is 0.0992. The first-order valence-electron chi connectivity index (χ1n) is 9.85. The van der Waals surface area contributed by atoms with E-state index in [1.165, 1.54) is 0 Å². The lowest BCUT2D eigenvalue weighted by Gasteiger charge is -2.10. The van der Waals surface area contributed by atoms with Gasteiger partial charge in [0.1, 0.15) is 23.1 Å². The van der Waals surface area contributed by atoms with E-state index in [2.05, 4.69) is 10.4 Å². The molecule has 1 N–H and O–H groups in total. The fraction of sp³-hybridized carbons (Fsp3) is 0.167. The largest absolute Gasteiger partial charge is 0.485 e. The molecular formula is C24H22ClN3O3. The van der Waals surface area contributed by atoms with Crippen LogP contribution in [0.2, 0.25) is 5.02 Å². The number of aryl methyl sites for hydroxylation is 2. The van der Waals surface area contributed by atoms with Crippen molar-refractivity contribution in [1.82, 2.24) is 9.78 Å². The molecule has 0 aliphatic heterocycles. The number of hydrogen-bond acceptors (Lipinski definition) is 4. The minimum Gasteiger partial charge on any atom is -0.485 e. The maximum atomic E-state index is 12.6. The fourth-order valence-corrected chi connectivity index (χ4v) is 3.45. The number of anilines is 1. The van der Waals surface area contributed by atoms with Gasteiger partial charge in [-0.3, -0.25) is 9.48 Å². The van der Waals surface area contributed by atoms with Crippen LogP contribution in [-0.4, -0.2) is 15.7 Å². The number of nitrogens with one attached hydrogen (secondary N) is 1. The maximum absolute atomic E-state index is 12.6. The van der Waals surface area contributed by atoms with Gasteiger partial charge < -0.3 is 14.5 Å². The zero-order valence-electron chi connectivity index (χ0n) is 17.3. The molecule has 4 rings (SSSR count). The second kappa shape index (κ2) is 9.10. The number of hydrogen-bond donors (Lipinski definition) is 1. The molecule has 2 heterocycles. The monoisotopic (exact) mass is 435 g/mol. The highest BCUT2D eigenvalue weighted by atomic mass is 35.5. The number of carbonyl (C=O) groups excluding carboxylic acids is 1. The molecule has 4 aromatic rings. The molecule has 1 amide bonds. The topological polar surface area (TPSA) is 69.3 Å². The van der Waals surface area contributed by atoms with Crippen molar-refractivity contribution in [3.8, 4) is 5.75 Å². The summed E-state index contributed by atoms with van der Waals surface area (Å²) in [5.41, 5.74) is 3.18. The number of nitrogens with zero attached hydrogens (tertiary/aromatic N) is 2. The molecule has 31 heavy (non-hydrogen) atoms. The van der Waals surface area contributed by atoms with Crippen molar-refractivity contribution in [2.24, 2.45) is 0 Å². The second-order valence-electron chi connectivity index (χ2n) is 7.24. The number of para-hydroxylation sites is 1. The molecule has 158 valence electrons. The predicted octanol–water partition coefficient (Wildman–Crippen LogP) is 5.63. The van der Waals surface area contributed by atoms with Gasteiger partial charge in [0.05, 0.1) is 6.54 Å². The molecule has 0 aliphatic rings. The Labute approximate surface area is 185 Å². The summed E-state index contributed by atoms with van der Waals surface area (Å²) >= 11 is 6.25. The lowest BCUT2D eigenvalue weighted by Crippen LogP contribution is -2.12. The smallest absolute Gasteiger partial charge is 0.292 e. The summed E-state index contributed by atoms with van der Waals surface area (Å²) in [6, 6.07) is 19.2. The molecule has 0 saturated carbocycles. The number of carbonyl (C=O) groups is 1. The normalized spacial score (nSPS) is 10.8. The summed E-state index contributed by atoms with van der Waals surface area (Å²) in [5, 5.41) is 7.42. The average molecular weight is 436 g/mol. The van der Waals surface area contributed by atoms with Gasteiger partial charge in [-0.1, -0.05) is 60.1 Å². The molecule has 0 spiro atoms. The van der Waals surface area contributed by atoms with Gasteiger partial charge in [-0.05, 0) is 42.7 Å².